The minimum absolute atomic E-state index is 0. The largest absolute Gasteiger partial charge is 0.444 e. The van der Waals surface area contributed by atoms with E-state index in [2.05, 4.69) is 31.1 Å². The lowest BCUT2D eigenvalue weighted by atomic mass is 10.2. The summed E-state index contributed by atoms with van der Waals surface area (Å²) in [7, 11) is 1.71. The molecule has 0 aliphatic carbocycles. The molecule has 0 bridgehead atoms. The number of nitrogens with zero attached hydrogens (tertiary/aromatic N) is 2. The summed E-state index contributed by atoms with van der Waals surface area (Å²) in [6.07, 6.45) is 2.08. The van der Waals surface area contributed by atoms with E-state index in [0.717, 1.165) is 12.1 Å². The zero-order valence-electron chi connectivity index (χ0n) is 14.1. The van der Waals surface area contributed by atoms with Crippen molar-refractivity contribution in [3.63, 3.8) is 0 Å². The van der Waals surface area contributed by atoms with Gasteiger partial charge in [-0.05, 0) is 33.3 Å². The highest BCUT2D eigenvalue weighted by Crippen LogP contribution is 2.06. The molecular formula is C14H27IN6O2. The zero-order chi connectivity index (χ0) is 16.4. The first kappa shape index (κ1) is 21.5. The Morgan fingerprint density at radius 2 is 2.00 bits per heavy atom. The van der Waals surface area contributed by atoms with Gasteiger partial charge in [-0.15, -0.1) is 24.0 Å². The van der Waals surface area contributed by atoms with Crippen molar-refractivity contribution in [3.8, 4) is 0 Å². The molecule has 0 unspecified atom stereocenters. The quantitative estimate of drug-likeness (QED) is 0.234. The predicted molar refractivity (Wildman–Crippen MR) is 101 cm³/mol. The van der Waals surface area contributed by atoms with Crippen molar-refractivity contribution in [1.29, 1.82) is 0 Å². The fourth-order valence-corrected chi connectivity index (χ4v) is 1.58. The van der Waals surface area contributed by atoms with Crippen LogP contribution in [0.4, 0.5) is 4.79 Å². The number of hydrogen-bond donors (Lipinski definition) is 4. The van der Waals surface area contributed by atoms with Crippen molar-refractivity contribution in [3.05, 3.63) is 18.0 Å². The maximum atomic E-state index is 11.4. The zero-order valence-corrected chi connectivity index (χ0v) is 16.4. The summed E-state index contributed by atoms with van der Waals surface area (Å²) in [6, 6.07) is 1.89. The summed E-state index contributed by atoms with van der Waals surface area (Å²) in [6.45, 7) is 7.37. The number of alkyl carbamates (subject to hydrolysis) is 1. The van der Waals surface area contributed by atoms with Gasteiger partial charge in [-0.2, -0.15) is 5.10 Å². The lowest BCUT2D eigenvalue weighted by Crippen LogP contribution is -2.39. The van der Waals surface area contributed by atoms with Crippen LogP contribution in [0.25, 0.3) is 0 Å². The summed E-state index contributed by atoms with van der Waals surface area (Å²) < 4.78 is 5.15. The second-order valence-corrected chi connectivity index (χ2v) is 5.72. The predicted octanol–water partition coefficient (Wildman–Crippen LogP) is 1.61. The van der Waals surface area contributed by atoms with Crippen molar-refractivity contribution in [2.45, 2.75) is 39.3 Å². The minimum Gasteiger partial charge on any atom is -0.444 e. The molecule has 1 aromatic rings. The van der Waals surface area contributed by atoms with Crippen molar-refractivity contribution in [2.24, 2.45) is 4.99 Å². The number of aliphatic imine (C=N–C) groups is 1. The molecule has 0 saturated heterocycles. The fourth-order valence-electron chi connectivity index (χ4n) is 1.58. The molecule has 0 fully saturated rings. The number of aromatic amines is 1. The van der Waals surface area contributed by atoms with E-state index in [-0.39, 0.29) is 24.0 Å². The third-order valence-corrected chi connectivity index (χ3v) is 2.54. The van der Waals surface area contributed by atoms with Crippen LogP contribution < -0.4 is 16.0 Å². The molecule has 0 atom stereocenters. The Hall–Kier alpha value is -1.52. The highest BCUT2D eigenvalue weighted by molar-refractivity contribution is 14.0. The van der Waals surface area contributed by atoms with Crippen LogP contribution in [0.15, 0.2) is 17.3 Å². The normalized spacial score (nSPS) is 11.4. The van der Waals surface area contributed by atoms with Gasteiger partial charge in [0.05, 0.1) is 12.2 Å². The minimum atomic E-state index is -0.471. The molecule has 1 aromatic heterocycles. The summed E-state index contributed by atoms with van der Waals surface area (Å²) in [5.41, 5.74) is 0.510. The molecule has 9 heteroatoms. The third kappa shape index (κ3) is 10.8. The van der Waals surface area contributed by atoms with Crippen molar-refractivity contribution in [2.75, 3.05) is 20.1 Å². The Morgan fingerprint density at radius 3 is 2.57 bits per heavy atom. The molecule has 1 amide bonds. The molecule has 132 valence electrons. The van der Waals surface area contributed by atoms with Crippen LogP contribution in [0.2, 0.25) is 0 Å². The average molecular weight is 438 g/mol. The second-order valence-electron chi connectivity index (χ2n) is 5.72. The van der Waals surface area contributed by atoms with E-state index in [1.807, 2.05) is 26.8 Å². The van der Waals surface area contributed by atoms with Crippen LogP contribution in [-0.2, 0) is 11.3 Å². The van der Waals surface area contributed by atoms with E-state index in [4.69, 9.17) is 4.74 Å². The van der Waals surface area contributed by atoms with Gasteiger partial charge in [0, 0.05) is 26.3 Å². The number of amides is 1. The van der Waals surface area contributed by atoms with E-state index in [1.165, 1.54) is 0 Å². The number of nitrogens with one attached hydrogen (secondary N) is 4. The molecule has 1 heterocycles. The van der Waals surface area contributed by atoms with Crippen LogP contribution in [0.1, 0.15) is 32.9 Å². The van der Waals surface area contributed by atoms with Gasteiger partial charge in [-0.25, -0.2) is 4.79 Å². The SMILES string of the molecule is CN=C(NCCCNC(=O)OC(C)(C)C)NCc1ccn[nH]1.I. The molecule has 0 aliphatic heterocycles. The van der Waals surface area contributed by atoms with E-state index in [0.29, 0.717) is 25.6 Å². The van der Waals surface area contributed by atoms with Gasteiger partial charge in [0.15, 0.2) is 5.96 Å². The number of H-pyrrole nitrogens is 1. The van der Waals surface area contributed by atoms with Gasteiger partial charge < -0.3 is 20.7 Å². The van der Waals surface area contributed by atoms with Crippen LogP contribution in [0, 0.1) is 0 Å². The van der Waals surface area contributed by atoms with Crippen LogP contribution in [0.3, 0.4) is 0 Å². The molecule has 0 radical (unpaired) electrons. The van der Waals surface area contributed by atoms with Crippen LogP contribution >= 0.6 is 24.0 Å². The summed E-state index contributed by atoms with van der Waals surface area (Å²) in [4.78, 5) is 15.6. The Labute approximate surface area is 154 Å². The molecule has 1 rings (SSSR count). The molecule has 0 spiro atoms. The van der Waals surface area contributed by atoms with Crippen LogP contribution in [0.5, 0.6) is 0 Å². The number of carbonyl (C=O) groups excluding carboxylic acids is 1. The Balaban J connectivity index is 0.00000484. The molecule has 4 N–H and O–H groups in total. The van der Waals surface area contributed by atoms with Crippen molar-refractivity contribution >= 4 is 36.0 Å². The van der Waals surface area contributed by atoms with Gasteiger partial charge in [-0.3, -0.25) is 10.1 Å². The molecule has 8 nitrogen and oxygen atoms in total. The first-order valence-corrected chi connectivity index (χ1v) is 7.30. The summed E-state index contributed by atoms with van der Waals surface area (Å²) >= 11 is 0. The van der Waals surface area contributed by atoms with Crippen molar-refractivity contribution < 1.29 is 9.53 Å². The maximum Gasteiger partial charge on any atom is 0.407 e. The number of hydrogen-bond acceptors (Lipinski definition) is 4. The Kier molecular flexibility index (Phi) is 10.4. The van der Waals surface area contributed by atoms with Gasteiger partial charge in [0.1, 0.15) is 5.60 Å². The standard InChI is InChI=1S/C14H26N6O2.HI/c1-14(2,3)22-13(21)17-8-5-7-16-12(15-4)18-10-11-6-9-19-20-11;/h6,9H,5,7-8,10H2,1-4H3,(H,17,21)(H,19,20)(H2,15,16,18);1H. The Bertz CT molecular complexity index is 470. The number of carbonyl (C=O) groups is 1. The number of halogens is 1. The number of aromatic nitrogens is 2. The molecule has 23 heavy (non-hydrogen) atoms. The number of guanidine groups is 1. The first-order valence-electron chi connectivity index (χ1n) is 7.30. The molecule has 0 aromatic carbocycles. The monoisotopic (exact) mass is 438 g/mol. The van der Waals surface area contributed by atoms with Gasteiger partial charge in [0.25, 0.3) is 0 Å². The highest BCUT2D eigenvalue weighted by Gasteiger charge is 2.15. The first-order chi connectivity index (χ1) is 10.4. The van der Waals surface area contributed by atoms with E-state index in [1.54, 1.807) is 13.2 Å². The van der Waals surface area contributed by atoms with Gasteiger partial charge in [0.2, 0.25) is 0 Å². The molecular weight excluding hydrogens is 411 g/mol. The smallest absolute Gasteiger partial charge is 0.407 e. The molecule has 0 aliphatic rings. The molecule has 0 saturated carbocycles. The summed E-state index contributed by atoms with van der Waals surface area (Å²) in [5.74, 6) is 0.701. The topological polar surface area (TPSA) is 103 Å². The Morgan fingerprint density at radius 1 is 1.30 bits per heavy atom. The lowest BCUT2D eigenvalue weighted by molar-refractivity contribution is 0.0527. The average Bonchev–Trinajstić information content (AvgIpc) is 2.93. The van der Waals surface area contributed by atoms with Crippen LogP contribution in [-0.4, -0.2) is 48.0 Å². The number of ether oxygens (including phenoxy) is 1. The maximum absolute atomic E-state index is 11.4. The van der Waals surface area contributed by atoms with E-state index >= 15 is 0 Å². The van der Waals surface area contributed by atoms with E-state index < -0.39 is 11.7 Å². The highest BCUT2D eigenvalue weighted by atomic mass is 127. The van der Waals surface area contributed by atoms with Crippen molar-refractivity contribution in [1.82, 2.24) is 26.1 Å². The summed E-state index contributed by atoms with van der Waals surface area (Å²) in [5, 5.41) is 15.8. The fraction of sp³-hybridized carbons (Fsp3) is 0.643. The van der Waals surface area contributed by atoms with Gasteiger partial charge >= 0.3 is 6.09 Å². The third-order valence-electron chi connectivity index (χ3n) is 2.54. The number of rotatable bonds is 6. The lowest BCUT2D eigenvalue weighted by Gasteiger charge is -2.19. The van der Waals surface area contributed by atoms with E-state index in [9.17, 15) is 4.79 Å². The van der Waals surface area contributed by atoms with Gasteiger partial charge in [-0.1, -0.05) is 0 Å². The second kappa shape index (κ2) is 11.1.